The van der Waals surface area contributed by atoms with E-state index in [-0.39, 0.29) is 0 Å². The lowest BCUT2D eigenvalue weighted by atomic mass is 10.0. The molecule has 0 N–H and O–H groups in total. The molecule has 0 unspecified atom stereocenters. The monoisotopic (exact) mass is 223 g/mol. The molecule has 1 heteroatoms. The molecule has 17 heavy (non-hydrogen) atoms. The van der Waals surface area contributed by atoms with Gasteiger partial charge in [-0.1, -0.05) is 42.5 Å². The van der Waals surface area contributed by atoms with Gasteiger partial charge in [0.2, 0.25) is 0 Å². The Balaban J connectivity index is 2.04. The molecular weight excluding hydrogens is 208 g/mol. The van der Waals surface area contributed by atoms with Crippen LogP contribution in [0.3, 0.4) is 0 Å². The van der Waals surface area contributed by atoms with Gasteiger partial charge in [0.15, 0.2) is 0 Å². The predicted molar refractivity (Wildman–Crippen MR) is 69.2 cm³/mol. The minimum Gasteiger partial charge on any atom is -0.495 e. The first kappa shape index (κ1) is 10.4. The Bertz CT molecular complexity index is 512. The molecule has 85 valence electrons. The summed E-state index contributed by atoms with van der Waals surface area (Å²) >= 11 is 0. The SMILES string of the molecule is COc1[c]c(C2CC2)ccc1-c1ccccc1. The Morgan fingerprint density at radius 2 is 1.82 bits per heavy atom. The average molecular weight is 223 g/mol. The molecule has 0 heterocycles. The average Bonchev–Trinajstić information content (AvgIpc) is 3.23. The van der Waals surface area contributed by atoms with E-state index >= 15 is 0 Å². The van der Waals surface area contributed by atoms with Gasteiger partial charge in [-0.25, -0.2) is 0 Å². The molecule has 0 bridgehead atoms. The molecule has 2 aromatic carbocycles. The summed E-state index contributed by atoms with van der Waals surface area (Å²) in [5.74, 6) is 1.58. The van der Waals surface area contributed by atoms with Crippen LogP contribution in [0.2, 0.25) is 0 Å². The molecular formula is C16H15O. The second-order valence-electron chi connectivity index (χ2n) is 4.50. The molecule has 1 saturated carbocycles. The van der Waals surface area contributed by atoms with Gasteiger partial charge in [-0.15, -0.1) is 0 Å². The van der Waals surface area contributed by atoms with Crippen molar-refractivity contribution in [3.8, 4) is 16.9 Å². The summed E-state index contributed by atoms with van der Waals surface area (Å²) in [7, 11) is 1.72. The van der Waals surface area contributed by atoms with E-state index in [2.05, 4.69) is 30.3 Å². The van der Waals surface area contributed by atoms with Crippen molar-refractivity contribution < 1.29 is 4.74 Å². The first-order valence-electron chi connectivity index (χ1n) is 6.04. The summed E-state index contributed by atoms with van der Waals surface area (Å²) in [6.45, 7) is 0. The van der Waals surface area contributed by atoms with E-state index in [1.54, 1.807) is 7.11 Å². The molecule has 1 aliphatic carbocycles. The van der Waals surface area contributed by atoms with Crippen LogP contribution in [-0.2, 0) is 0 Å². The molecule has 0 saturated heterocycles. The lowest BCUT2D eigenvalue weighted by Gasteiger charge is -2.10. The summed E-state index contributed by atoms with van der Waals surface area (Å²) in [6.07, 6.45) is 2.59. The van der Waals surface area contributed by atoms with E-state index in [1.165, 1.54) is 24.0 Å². The van der Waals surface area contributed by atoms with Gasteiger partial charge in [-0.2, -0.15) is 0 Å². The quantitative estimate of drug-likeness (QED) is 0.763. The van der Waals surface area contributed by atoms with Crippen molar-refractivity contribution in [1.82, 2.24) is 0 Å². The summed E-state index contributed by atoms with van der Waals surface area (Å²) in [6, 6.07) is 18.1. The van der Waals surface area contributed by atoms with Gasteiger partial charge in [-0.3, -0.25) is 0 Å². The Labute approximate surface area is 102 Å². The Morgan fingerprint density at radius 1 is 1.06 bits per heavy atom. The van der Waals surface area contributed by atoms with Crippen molar-refractivity contribution in [2.75, 3.05) is 7.11 Å². The smallest absolute Gasteiger partial charge is 0.134 e. The highest BCUT2D eigenvalue weighted by molar-refractivity contribution is 5.70. The molecule has 0 spiro atoms. The van der Waals surface area contributed by atoms with Crippen LogP contribution in [0.15, 0.2) is 42.5 Å². The maximum Gasteiger partial charge on any atom is 0.134 e. The topological polar surface area (TPSA) is 9.23 Å². The van der Waals surface area contributed by atoms with Crippen molar-refractivity contribution >= 4 is 0 Å². The van der Waals surface area contributed by atoms with E-state index in [0.29, 0.717) is 5.92 Å². The van der Waals surface area contributed by atoms with Crippen LogP contribution >= 0.6 is 0 Å². The van der Waals surface area contributed by atoms with Crippen LogP contribution in [0.1, 0.15) is 24.3 Å². The van der Waals surface area contributed by atoms with Crippen LogP contribution in [0.5, 0.6) is 5.75 Å². The van der Waals surface area contributed by atoms with Crippen molar-refractivity contribution in [3.05, 3.63) is 54.1 Å². The second-order valence-corrected chi connectivity index (χ2v) is 4.50. The molecule has 2 aromatic rings. The summed E-state index contributed by atoms with van der Waals surface area (Å²) in [4.78, 5) is 0. The van der Waals surface area contributed by atoms with Gasteiger partial charge in [0.1, 0.15) is 5.75 Å². The summed E-state index contributed by atoms with van der Waals surface area (Å²) < 4.78 is 5.46. The van der Waals surface area contributed by atoms with Gasteiger partial charge in [0.05, 0.1) is 7.11 Å². The number of rotatable bonds is 3. The van der Waals surface area contributed by atoms with Gasteiger partial charge in [-0.05, 0) is 29.9 Å². The van der Waals surface area contributed by atoms with Crippen molar-refractivity contribution in [1.29, 1.82) is 0 Å². The molecule has 0 aromatic heterocycles. The number of methoxy groups -OCH3 is 1. The molecule has 1 nitrogen and oxygen atoms in total. The normalized spacial score (nSPS) is 14.6. The maximum absolute atomic E-state index is 5.46. The lowest BCUT2D eigenvalue weighted by Crippen LogP contribution is -1.90. The molecule has 3 rings (SSSR count). The zero-order valence-electron chi connectivity index (χ0n) is 9.94. The van der Waals surface area contributed by atoms with Gasteiger partial charge >= 0.3 is 0 Å². The van der Waals surface area contributed by atoms with E-state index in [1.807, 2.05) is 18.2 Å². The van der Waals surface area contributed by atoms with Crippen molar-refractivity contribution in [2.45, 2.75) is 18.8 Å². The van der Waals surface area contributed by atoms with Crippen LogP contribution in [0.4, 0.5) is 0 Å². The number of hydrogen-bond acceptors (Lipinski definition) is 1. The fourth-order valence-corrected chi connectivity index (χ4v) is 2.13. The zero-order valence-corrected chi connectivity index (χ0v) is 9.94. The largest absolute Gasteiger partial charge is 0.495 e. The van der Waals surface area contributed by atoms with Gasteiger partial charge in [0, 0.05) is 11.6 Å². The van der Waals surface area contributed by atoms with Crippen molar-refractivity contribution in [2.24, 2.45) is 0 Å². The molecule has 1 fully saturated rings. The third kappa shape index (κ3) is 2.05. The highest BCUT2D eigenvalue weighted by Gasteiger charge is 2.24. The Kier molecular flexibility index (Phi) is 2.60. The first-order valence-corrected chi connectivity index (χ1v) is 6.04. The number of benzene rings is 2. The van der Waals surface area contributed by atoms with Gasteiger partial charge < -0.3 is 4.74 Å². The van der Waals surface area contributed by atoms with Gasteiger partial charge in [0.25, 0.3) is 0 Å². The molecule has 1 radical (unpaired) electrons. The Morgan fingerprint density at radius 3 is 2.47 bits per heavy atom. The first-order chi connectivity index (χ1) is 8.38. The minimum atomic E-state index is 0.716. The molecule has 1 aliphatic rings. The van der Waals surface area contributed by atoms with Crippen molar-refractivity contribution in [3.63, 3.8) is 0 Å². The van der Waals surface area contributed by atoms with Crippen LogP contribution in [0.25, 0.3) is 11.1 Å². The van der Waals surface area contributed by atoms with Crippen LogP contribution < -0.4 is 4.74 Å². The third-order valence-electron chi connectivity index (χ3n) is 3.24. The highest BCUT2D eigenvalue weighted by atomic mass is 16.5. The highest BCUT2D eigenvalue weighted by Crippen LogP contribution is 2.42. The summed E-state index contributed by atoms with van der Waals surface area (Å²) in [5.41, 5.74) is 3.60. The molecule has 0 amide bonds. The van der Waals surface area contributed by atoms with Crippen LogP contribution in [0, 0.1) is 6.07 Å². The third-order valence-corrected chi connectivity index (χ3v) is 3.24. The standard InChI is InChI=1S/C16H15O/c1-17-16-11-14(12-7-8-12)9-10-15(16)13-5-3-2-4-6-13/h2-6,9-10,12H,7-8H2,1H3. The zero-order chi connectivity index (χ0) is 11.7. The fourth-order valence-electron chi connectivity index (χ4n) is 2.13. The number of ether oxygens (including phenoxy) is 1. The molecule has 0 aliphatic heterocycles. The summed E-state index contributed by atoms with van der Waals surface area (Å²) in [5, 5.41) is 0. The predicted octanol–water partition coefficient (Wildman–Crippen LogP) is 4.04. The van der Waals surface area contributed by atoms with E-state index in [9.17, 15) is 0 Å². The second kappa shape index (κ2) is 4.25. The number of hydrogen-bond donors (Lipinski definition) is 0. The maximum atomic E-state index is 5.46. The lowest BCUT2D eigenvalue weighted by molar-refractivity contribution is 0.415. The van der Waals surface area contributed by atoms with E-state index in [0.717, 1.165) is 11.3 Å². The van der Waals surface area contributed by atoms with E-state index < -0.39 is 0 Å². The van der Waals surface area contributed by atoms with Crippen LogP contribution in [-0.4, -0.2) is 7.11 Å². The van der Waals surface area contributed by atoms with E-state index in [4.69, 9.17) is 4.74 Å². The fraction of sp³-hybridized carbons (Fsp3) is 0.250. The minimum absolute atomic E-state index is 0.716. The molecule has 0 atom stereocenters. The Hall–Kier alpha value is -1.76.